The van der Waals surface area contributed by atoms with E-state index >= 15 is 0 Å². The third kappa shape index (κ3) is 3.88. The van der Waals surface area contributed by atoms with Crippen LogP contribution in [0.25, 0.3) is 108 Å². The van der Waals surface area contributed by atoms with Gasteiger partial charge in [0.2, 0.25) is 0 Å². The van der Waals surface area contributed by atoms with Gasteiger partial charge in [-0.2, -0.15) is 0 Å². The van der Waals surface area contributed by atoms with E-state index in [1.165, 1.54) is 63.4 Å². The maximum atomic E-state index is 5.28. The van der Waals surface area contributed by atoms with Gasteiger partial charge in [-0.15, -0.1) is 11.3 Å². The topological polar surface area (TPSA) is 25.8 Å². The van der Waals surface area contributed by atoms with Crippen LogP contribution >= 0.6 is 11.3 Å². The smallest absolute Gasteiger partial charge is 0.160 e. The van der Waals surface area contributed by atoms with Gasteiger partial charge < -0.3 is 0 Å². The minimum Gasteiger partial charge on any atom is -0.227 e. The summed E-state index contributed by atoms with van der Waals surface area (Å²) in [5, 5.41) is 13.9. The summed E-state index contributed by atoms with van der Waals surface area (Å²) in [5.41, 5.74) is 6.37. The molecule has 0 spiro atoms. The molecule has 0 aliphatic heterocycles. The molecular weight excluding hydrogens is 613 g/mol. The van der Waals surface area contributed by atoms with E-state index in [1.807, 2.05) is 11.3 Å². The average molecular weight is 639 g/mol. The van der Waals surface area contributed by atoms with Crippen LogP contribution in [-0.4, -0.2) is 9.97 Å². The van der Waals surface area contributed by atoms with Gasteiger partial charge in [-0.3, -0.25) is 0 Å². The van der Waals surface area contributed by atoms with Crippen molar-refractivity contribution in [1.29, 1.82) is 0 Å². The number of hydrogen-bond donors (Lipinski definition) is 0. The molecule has 0 bridgehead atoms. The first-order chi connectivity index (χ1) is 24.3. The van der Waals surface area contributed by atoms with Crippen molar-refractivity contribution in [3.05, 3.63) is 158 Å². The van der Waals surface area contributed by atoms with Gasteiger partial charge >= 0.3 is 0 Å². The number of fused-ring (bicyclic) bond motifs is 8. The Balaban J connectivity index is 1.20. The lowest BCUT2D eigenvalue weighted by atomic mass is 9.87. The maximum absolute atomic E-state index is 5.28. The molecule has 0 unspecified atom stereocenters. The van der Waals surface area contributed by atoms with Gasteiger partial charge in [-0.05, 0) is 79.2 Å². The van der Waals surface area contributed by atoms with Gasteiger partial charge in [0.05, 0.1) is 11.2 Å². The molecular formula is C46H26N2S. The van der Waals surface area contributed by atoms with Crippen molar-refractivity contribution in [2.75, 3.05) is 0 Å². The Labute approximate surface area is 285 Å². The van der Waals surface area contributed by atoms with E-state index in [9.17, 15) is 0 Å². The highest BCUT2D eigenvalue weighted by Crippen LogP contribution is 2.48. The molecule has 0 aliphatic carbocycles. The van der Waals surface area contributed by atoms with Crippen molar-refractivity contribution in [2.45, 2.75) is 0 Å². The lowest BCUT2D eigenvalue weighted by Crippen LogP contribution is -1.96. The molecule has 0 radical (unpaired) electrons. The zero-order valence-corrected chi connectivity index (χ0v) is 27.1. The Hall–Kier alpha value is -6.16. The Bertz CT molecular complexity index is 3100. The van der Waals surface area contributed by atoms with Crippen LogP contribution in [0.2, 0.25) is 0 Å². The molecule has 0 aliphatic rings. The molecule has 3 heteroatoms. The van der Waals surface area contributed by atoms with E-state index in [0.29, 0.717) is 0 Å². The number of thiophene rings is 1. The fourth-order valence-electron chi connectivity index (χ4n) is 8.05. The van der Waals surface area contributed by atoms with Crippen molar-refractivity contribution in [3.8, 4) is 33.8 Å². The predicted molar refractivity (Wildman–Crippen MR) is 210 cm³/mol. The first kappa shape index (κ1) is 26.9. The third-order valence-electron chi connectivity index (χ3n) is 10.2. The van der Waals surface area contributed by atoms with E-state index in [-0.39, 0.29) is 0 Å². The Morgan fingerprint density at radius 1 is 0.367 bits per heavy atom. The molecule has 2 heterocycles. The van der Waals surface area contributed by atoms with Gasteiger partial charge in [0.1, 0.15) is 0 Å². The minimum atomic E-state index is 0.728. The Morgan fingerprint density at radius 3 is 1.86 bits per heavy atom. The number of rotatable bonds is 3. The standard InChI is InChI=1S/C46H26N2S/c1-2-12-28(13-3-1)44-36-24-23-27-11-4-5-16-31(27)45(36)48-46(47-44)30-15-8-14-29(25-30)37-26-38-34-19-9-21-39-42(34)43-35(20-10-22-40(43)49-39)41(38)33-18-7-6-17-32(33)37/h1-26H. The van der Waals surface area contributed by atoms with E-state index < -0.39 is 0 Å². The first-order valence-corrected chi connectivity index (χ1v) is 17.5. The molecule has 11 aromatic rings. The van der Waals surface area contributed by atoms with Gasteiger partial charge in [0.25, 0.3) is 0 Å². The fraction of sp³-hybridized carbons (Fsp3) is 0. The Kier molecular flexibility index (Phi) is 5.57. The predicted octanol–water partition coefficient (Wildman–Crippen LogP) is 13.0. The summed E-state index contributed by atoms with van der Waals surface area (Å²) < 4.78 is 2.70. The molecule has 0 atom stereocenters. The second-order valence-corrected chi connectivity index (χ2v) is 14.0. The molecule has 226 valence electrons. The van der Waals surface area contributed by atoms with Crippen LogP contribution in [0.5, 0.6) is 0 Å². The van der Waals surface area contributed by atoms with Crippen LogP contribution in [0.15, 0.2) is 158 Å². The summed E-state index contributed by atoms with van der Waals surface area (Å²) in [5.74, 6) is 0.728. The lowest BCUT2D eigenvalue weighted by Gasteiger charge is -2.16. The number of benzene rings is 9. The molecule has 11 rings (SSSR count). The van der Waals surface area contributed by atoms with Crippen molar-refractivity contribution in [2.24, 2.45) is 0 Å². The number of nitrogens with zero attached hydrogens (tertiary/aromatic N) is 2. The fourth-order valence-corrected chi connectivity index (χ4v) is 9.21. The van der Waals surface area contributed by atoms with Crippen LogP contribution in [0.4, 0.5) is 0 Å². The normalized spacial score (nSPS) is 12.1. The van der Waals surface area contributed by atoms with Gasteiger partial charge in [-0.1, -0.05) is 127 Å². The zero-order chi connectivity index (χ0) is 32.1. The van der Waals surface area contributed by atoms with Crippen LogP contribution in [-0.2, 0) is 0 Å². The molecule has 9 aromatic carbocycles. The van der Waals surface area contributed by atoms with Crippen LogP contribution in [0, 0.1) is 0 Å². The number of hydrogen-bond acceptors (Lipinski definition) is 3. The summed E-state index contributed by atoms with van der Waals surface area (Å²) in [6, 6.07) is 57.0. The van der Waals surface area contributed by atoms with Crippen LogP contribution in [0.3, 0.4) is 0 Å². The summed E-state index contributed by atoms with van der Waals surface area (Å²) in [7, 11) is 0. The second-order valence-electron chi connectivity index (χ2n) is 12.9. The highest BCUT2D eigenvalue weighted by Gasteiger charge is 2.20. The quantitative estimate of drug-likeness (QED) is 0.180. The largest absolute Gasteiger partial charge is 0.227 e. The van der Waals surface area contributed by atoms with Gasteiger partial charge in [0, 0.05) is 42.1 Å². The SMILES string of the molecule is c1ccc(-c2nc(-c3cccc(-c4cc5c6cccc7sc8cccc(c5c5ccccc45)c8c76)c3)nc3c2ccc2ccccc23)cc1. The summed E-state index contributed by atoms with van der Waals surface area (Å²) in [6.45, 7) is 0. The average Bonchev–Trinajstić information content (AvgIpc) is 3.57. The van der Waals surface area contributed by atoms with Crippen LogP contribution < -0.4 is 0 Å². The molecule has 49 heavy (non-hydrogen) atoms. The van der Waals surface area contributed by atoms with E-state index in [4.69, 9.17) is 9.97 Å². The van der Waals surface area contributed by atoms with Crippen molar-refractivity contribution >= 4 is 85.5 Å². The molecule has 0 saturated heterocycles. The summed E-state index contributed by atoms with van der Waals surface area (Å²) in [6.07, 6.45) is 0. The molecule has 0 fully saturated rings. The van der Waals surface area contributed by atoms with Gasteiger partial charge in [-0.25, -0.2) is 9.97 Å². The van der Waals surface area contributed by atoms with Crippen molar-refractivity contribution in [3.63, 3.8) is 0 Å². The highest BCUT2D eigenvalue weighted by atomic mass is 32.1. The van der Waals surface area contributed by atoms with E-state index in [2.05, 4.69) is 158 Å². The van der Waals surface area contributed by atoms with E-state index in [0.717, 1.165) is 44.5 Å². The van der Waals surface area contributed by atoms with Crippen LogP contribution in [0.1, 0.15) is 0 Å². The maximum Gasteiger partial charge on any atom is 0.160 e. The number of aromatic nitrogens is 2. The molecule has 2 aromatic heterocycles. The monoisotopic (exact) mass is 638 g/mol. The lowest BCUT2D eigenvalue weighted by molar-refractivity contribution is 1.23. The molecule has 0 amide bonds. The van der Waals surface area contributed by atoms with E-state index in [1.54, 1.807) is 0 Å². The minimum absolute atomic E-state index is 0.728. The second kappa shape index (κ2) is 10.2. The van der Waals surface area contributed by atoms with Crippen molar-refractivity contribution < 1.29 is 0 Å². The molecule has 2 nitrogen and oxygen atoms in total. The summed E-state index contributed by atoms with van der Waals surface area (Å²) in [4.78, 5) is 10.6. The first-order valence-electron chi connectivity index (χ1n) is 16.7. The van der Waals surface area contributed by atoms with Crippen molar-refractivity contribution in [1.82, 2.24) is 9.97 Å². The molecule has 0 N–H and O–H groups in total. The summed E-state index contributed by atoms with van der Waals surface area (Å²) >= 11 is 1.89. The Morgan fingerprint density at radius 2 is 1.00 bits per heavy atom. The third-order valence-corrected chi connectivity index (χ3v) is 11.3. The zero-order valence-electron chi connectivity index (χ0n) is 26.3. The molecule has 0 saturated carbocycles. The highest BCUT2D eigenvalue weighted by molar-refractivity contribution is 7.26. The van der Waals surface area contributed by atoms with Gasteiger partial charge in [0.15, 0.2) is 5.82 Å².